The van der Waals surface area contributed by atoms with Crippen LogP contribution >= 0.6 is 27.7 Å². The fraction of sp³-hybridized carbons (Fsp3) is 0.320. The van der Waals surface area contributed by atoms with E-state index in [-0.39, 0.29) is 29.5 Å². The predicted molar refractivity (Wildman–Crippen MR) is 134 cm³/mol. The van der Waals surface area contributed by atoms with Crippen LogP contribution < -0.4 is 10.1 Å². The van der Waals surface area contributed by atoms with Crippen LogP contribution in [0.25, 0.3) is 6.08 Å². The number of benzene rings is 2. The predicted octanol–water partition coefficient (Wildman–Crippen LogP) is 6.22. The first-order chi connectivity index (χ1) is 16.4. The van der Waals surface area contributed by atoms with E-state index >= 15 is 0 Å². The average molecular weight is 547 g/mol. The molecular weight excluding hydrogens is 523 g/mol. The second kappa shape index (κ2) is 11.2. The molecule has 0 radical (unpaired) electrons. The van der Waals surface area contributed by atoms with Crippen molar-refractivity contribution >= 4 is 56.5 Å². The van der Waals surface area contributed by atoms with Gasteiger partial charge < -0.3 is 10.1 Å². The van der Waals surface area contributed by atoms with Crippen LogP contribution in [0.2, 0.25) is 0 Å². The standard InChI is InChI=1S/C25H24BrFN2O4S/c26-20-12-17(6-11-21(20)33-15-23(30)28-19-9-7-18(27)8-10-19)13-22-24(31)29(25(32)34-22)14-16-4-2-1-3-5-16/h6-13,16H,1-5,14-15H2,(H,28,30)/b22-13+. The fourth-order valence-corrected chi connectivity index (χ4v) is 5.39. The van der Waals surface area contributed by atoms with Crippen LogP contribution in [0.3, 0.4) is 0 Å². The molecular formula is C25H24BrFN2O4S. The van der Waals surface area contributed by atoms with Crippen molar-refractivity contribution < 1.29 is 23.5 Å². The van der Waals surface area contributed by atoms with Crippen molar-refractivity contribution in [3.05, 3.63) is 63.2 Å². The minimum atomic E-state index is -0.382. The summed E-state index contributed by atoms with van der Waals surface area (Å²) in [4.78, 5) is 39.1. The number of rotatable bonds is 7. The highest BCUT2D eigenvalue weighted by atomic mass is 79.9. The summed E-state index contributed by atoms with van der Waals surface area (Å²) in [5.41, 5.74) is 1.21. The molecule has 0 aromatic heterocycles. The highest BCUT2D eigenvalue weighted by Crippen LogP contribution is 2.36. The lowest BCUT2D eigenvalue weighted by molar-refractivity contribution is -0.123. The quantitative estimate of drug-likeness (QED) is 0.417. The van der Waals surface area contributed by atoms with Crippen LogP contribution in [0.1, 0.15) is 37.7 Å². The summed E-state index contributed by atoms with van der Waals surface area (Å²) in [5.74, 6) is -0.153. The third-order valence-electron chi connectivity index (χ3n) is 5.78. The maximum atomic E-state index is 13.0. The summed E-state index contributed by atoms with van der Waals surface area (Å²) in [6, 6.07) is 10.7. The molecule has 1 saturated carbocycles. The number of carbonyl (C=O) groups excluding carboxylic acids is 3. The number of ether oxygens (including phenoxy) is 1. The van der Waals surface area contributed by atoms with Gasteiger partial charge in [-0.2, -0.15) is 0 Å². The molecule has 4 rings (SSSR count). The molecule has 1 aliphatic heterocycles. The van der Waals surface area contributed by atoms with Crippen LogP contribution in [-0.2, 0) is 9.59 Å². The molecule has 2 aromatic rings. The van der Waals surface area contributed by atoms with Crippen LogP contribution in [0.4, 0.5) is 14.9 Å². The van der Waals surface area contributed by atoms with Crippen LogP contribution in [0.5, 0.6) is 5.75 Å². The van der Waals surface area contributed by atoms with Gasteiger partial charge >= 0.3 is 0 Å². The number of hydrogen-bond acceptors (Lipinski definition) is 5. The number of amides is 3. The SMILES string of the molecule is O=C(COc1ccc(/C=C2/SC(=O)N(CC3CCCCC3)C2=O)cc1Br)Nc1ccc(F)cc1. The molecule has 2 aromatic carbocycles. The first-order valence-corrected chi connectivity index (χ1v) is 12.7. The number of nitrogens with zero attached hydrogens (tertiary/aromatic N) is 1. The molecule has 1 heterocycles. The number of halogens is 2. The Morgan fingerprint density at radius 3 is 2.59 bits per heavy atom. The third kappa shape index (κ3) is 6.27. The van der Waals surface area contributed by atoms with Crippen molar-refractivity contribution in [2.75, 3.05) is 18.5 Å². The van der Waals surface area contributed by atoms with Gasteiger partial charge in [0.1, 0.15) is 11.6 Å². The van der Waals surface area contributed by atoms with Gasteiger partial charge in [0.25, 0.3) is 17.1 Å². The lowest BCUT2D eigenvalue weighted by Gasteiger charge is -2.25. The van der Waals surface area contributed by atoms with E-state index in [2.05, 4.69) is 21.2 Å². The van der Waals surface area contributed by atoms with Crippen molar-refractivity contribution in [1.82, 2.24) is 4.90 Å². The monoisotopic (exact) mass is 546 g/mol. The van der Waals surface area contributed by atoms with Gasteiger partial charge in [-0.25, -0.2) is 4.39 Å². The van der Waals surface area contributed by atoms with Crippen molar-refractivity contribution in [2.24, 2.45) is 5.92 Å². The van der Waals surface area contributed by atoms with Gasteiger partial charge in [0, 0.05) is 12.2 Å². The normalized spacial score (nSPS) is 17.9. The Morgan fingerprint density at radius 2 is 1.88 bits per heavy atom. The molecule has 1 aliphatic carbocycles. The summed E-state index contributed by atoms with van der Waals surface area (Å²) in [6.45, 7) is 0.272. The van der Waals surface area contributed by atoms with E-state index in [9.17, 15) is 18.8 Å². The summed E-state index contributed by atoms with van der Waals surface area (Å²) in [7, 11) is 0. The highest BCUT2D eigenvalue weighted by Gasteiger charge is 2.36. The maximum Gasteiger partial charge on any atom is 0.293 e. The Morgan fingerprint density at radius 1 is 1.15 bits per heavy atom. The number of anilines is 1. The molecule has 34 heavy (non-hydrogen) atoms. The number of carbonyl (C=O) groups is 3. The Balaban J connectivity index is 1.35. The summed E-state index contributed by atoms with van der Waals surface area (Å²) >= 11 is 4.40. The lowest BCUT2D eigenvalue weighted by atomic mass is 9.89. The smallest absolute Gasteiger partial charge is 0.293 e. The zero-order valence-corrected chi connectivity index (χ0v) is 20.8. The van der Waals surface area contributed by atoms with E-state index < -0.39 is 0 Å². The number of hydrogen-bond donors (Lipinski definition) is 1. The van der Waals surface area contributed by atoms with E-state index in [4.69, 9.17) is 4.74 Å². The fourth-order valence-electron chi connectivity index (χ4n) is 4.03. The van der Waals surface area contributed by atoms with Gasteiger partial charge in [-0.05, 0) is 94.5 Å². The molecule has 2 aliphatic rings. The van der Waals surface area contributed by atoms with Crippen LogP contribution in [0.15, 0.2) is 51.8 Å². The van der Waals surface area contributed by atoms with E-state index in [1.165, 1.54) is 35.6 Å². The molecule has 1 saturated heterocycles. The molecule has 0 bridgehead atoms. The first-order valence-electron chi connectivity index (χ1n) is 11.1. The molecule has 1 N–H and O–H groups in total. The zero-order valence-electron chi connectivity index (χ0n) is 18.4. The van der Waals surface area contributed by atoms with Gasteiger partial charge in [-0.15, -0.1) is 0 Å². The number of thioether (sulfide) groups is 1. The molecule has 0 spiro atoms. The van der Waals surface area contributed by atoms with E-state index in [0.29, 0.717) is 33.3 Å². The van der Waals surface area contributed by atoms with Gasteiger partial charge in [0.2, 0.25) is 0 Å². The molecule has 0 unspecified atom stereocenters. The summed E-state index contributed by atoms with van der Waals surface area (Å²) < 4.78 is 19.1. The molecule has 2 fully saturated rings. The van der Waals surface area contributed by atoms with Crippen LogP contribution in [0, 0.1) is 11.7 Å². The number of nitrogens with one attached hydrogen (secondary N) is 1. The minimum Gasteiger partial charge on any atom is -0.483 e. The van der Waals surface area contributed by atoms with Gasteiger partial charge in [-0.1, -0.05) is 25.3 Å². The Bertz CT molecular complexity index is 1120. The van der Waals surface area contributed by atoms with E-state index in [1.54, 1.807) is 24.3 Å². The van der Waals surface area contributed by atoms with Crippen molar-refractivity contribution in [1.29, 1.82) is 0 Å². The maximum absolute atomic E-state index is 13.0. The Hall–Kier alpha value is -2.65. The zero-order chi connectivity index (χ0) is 24.1. The number of imide groups is 1. The van der Waals surface area contributed by atoms with Gasteiger partial charge in [0.05, 0.1) is 9.38 Å². The molecule has 6 nitrogen and oxygen atoms in total. The van der Waals surface area contributed by atoms with E-state index in [1.807, 2.05) is 0 Å². The Kier molecular flexibility index (Phi) is 8.05. The van der Waals surface area contributed by atoms with Crippen molar-refractivity contribution in [3.63, 3.8) is 0 Å². The second-order valence-corrected chi connectivity index (χ2v) is 10.2. The molecule has 0 atom stereocenters. The first kappa shape index (κ1) is 24.5. The van der Waals surface area contributed by atoms with Crippen LogP contribution in [-0.4, -0.2) is 35.1 Å². The summed E-state index contributed by atoms with van der Waals surface area (Å²) in [5, 5.41) is 2.41. The minimum absolute atomic E-state index is 0.215. The third-order valence-corrected chi connectivity index (χ3v) is 7.31. The highest BCUT2D eigenvalue weighted by molar-refractivity contribution is 9.10. The van der Waals surface area contributed by atoms with Gasteiger partial charge in [0.15, 0.2) is 6.61 Å². The second-order valence-electron chi connectivity index (χ2n) is 8.33. The van der Waals surface area contributed by atoms with E-state index in [0.717, 1.165) is 43.0 Å². The Labute approximate surface area is 210 Å². The average Bonchev–Trinajstić information content (AvgIpc) is 3.08. The molecule has 9 heteroatoms. The largest absolute Gasteiger partial charge is 0.483 e. The molecule has 178 valence electrons. The topological polar surface area (TPSA) is 75.7 Å². The van der Waals surface area contributed by atoms with Crippen molar-refractivity contribution in [3.8, 4) is 5.75 Å². The van der Waals surface area contributed by atoms with Gasteiger partial charge in [-0.3, -0.25) is 19.3 Å². The summed E-state index contributed by atoms with van der Waals surface area (Å²) in [6.07, 6.45) is 7.38. The van der Waals surface area contributed by atoms with Crippen molar-refractivity contribution in [2.45, 2.75) is 32.1 Å². The molecule has 3 amide bonds. The lowest BCUT2D eigenvalue weighted by Crippen LogP contribution is -2.34.